The molecule has 0 radical (unpaired) electrons. The first-order chi connectivity index (χ1) is 21.6. The first-order valence-electron chi connectivity index (χ1n) is 18.4. The van der Waals surface area contributed by atoms with Crippen molar-refractivity contribution in [1.82, 2.24) is 0 Å². The molecule has 0 amide bonds. The molecule has 0 aliphatic rings. The fraction of sp³-hybridized carbons (Fsp3) is 0.917. The lowest BCUT2D eigenvalue weighted by molar-refractivity contribution is -0.870. The van der Waals surface area contributed by atoms with Crippen molar-refractivity contribution < 1.29 is 37.3 Å². The third kappa shape index (κ3) is 34.4. The molecule has 0 aliphatic heterocycles. The van der Waals surface area contributed by atoms with E-state index in [-0.39, 0.29) is 25.8 Å². The number of ether oxygens (including phenoxy) is 2. The molecule has 1 N–H and O–H groups in total. The number of carbonyl (C=O) groups excluding carboxylic acids is 1. The van der Waals surface area contributed by atoms with E-state index in [9.17, 15) is 14.3 Å². The molecule has 45 heavy (non-hydrogen) atoms. The van der Waals surface area contributed by atoms with Crippen LogP contribution in [0.1, 0.15) is 155 Å². The highest BCUT2D eigenvalue weighted by Crippen LogP contribution is 2.43. The van der Waals surface area contributed by atoms with Crippen molar-refractivity contribution in [3.8, 4) is 0 Å². The van der Waals surface area contributed by atoms with Gasteiger partial charge < -0.3 is 18.9 Å². The number of phosphoric acid groups is 1. The summed E-state index contributed by atoms with van der Waals surface area (Å²) in [4.78, 5) is 22.5. The molecule has 2 unspecified atom stereocenters. The van der Waals surface area contributed by atoms with Crippen LogP contribution in [-0.4, -0.2) is 75.6 Å². The number of rotatable bonds is 34. The van der Waals surface area contributed by atoms with E-state index in [0.717, 1.165) is 32.1 Å². The monoisotopic (exact) mass is 663 g/mol. The van der Waals surface area contributed by atoms with Gasteiger partial charge in [0.05, 0.1) is 34.4 Å². The summed E-state index contributed by atoms with van der Waals surface area (Å²) in [5, 5.41) is 0. The largest absolute Gasteiger partial charge is 0.472 e. The lowest BCUT2D eigenvalue weighted by Crippen LogP contribution is -2.37. The molecule has 0 fully saturated rings. The van der Waals surface area contributed by atoms with E-state index < -0.39 is 13.9 Å². The van der Waals surface area contributed by atoms with Crippen LogP contribution in [0.4, 0.5) is 0 Å². The SMILES string of the molecule is CCCCCCCCC/C=C\CCCCCCCCOCC(COP(=O)(O)OCC[N+](C)(C)C)OC(=O)CCCCCCCC. The summed E-state index contributed by atoms with van der Waals surface area (Å²) >= 11 is 0. The first kappa shape index (κ1) is 44.2. The number of allylic oxidation sites excluding steroid dienone is 2. The fourth-order valence-corrected chi connectivity index (χ4v) is 5.64. The molecule has 8 nitrogen and oxygen atoms in total. The Hall–Kier alpha value is -0.760. The highest BCUT2D eigenvalue weighted by molar-refractivity contribution is 7.47. The van der Waals surface area contributed by atoms with Gasteiger partial charge in [-0.2, -0.15) is 0 Å². The molecule has 2 atom stereocenters. The number of likely N-dealkylation sites (N-methyl/N-ethyl adjacent to an activating group) is 1. The second kappa shape index (κ2) is 30.6. The Bertz CT molecular complexity index is 741. The Morgan fingerprint density at radius 1 is 0.667 bits per heavy atom. The third-order valence-electron chi connectivity index (χ3n) is 7.83. The summed E-state index contributed by atoms with van der Waals surface area (Å²) in [5.74, 6) is -0.325. The second-order valence-electron chi connectivity index (χ2n) is 13.6. The van der Waals surface area contributed by atoms with Crippen molar-refractivity contribution in [2.75, 3.05) is 54.1 Å². The van der Waals surface area contributed by atoms with Gasteiger partial charge in [0.2, 0.25) is 0 Å². The maximum atomic E-state index is 12.4. The number of phosphoric ester groups is 1. The number of carbonyl (C=O) groups is 1. The molecule has 0 rings (SSSR count). The zero-order valence-corrected chi connectivity index (χ0v) is 31.0. The van der Waals surface area contributed by atoms with Crippen LogP contribution in [0.15, 0.2) is 12.2 Å². The Balaban J connectivity index is 4.16. The molecular formula is C36H73NO7P+. The van der Waals surface area contributed by atoms with Gasteiger partial charge in [-0.3, -0.25) is 13.8 Å². The topological polar surface area (TPSA) is 91.3 Å². The first-order valence-corrected chi connectivity index (χ1v) is 19.9. The van der Waals surface area contributed by atoms with Gasteiger partial charge in [-0.05, 0) is 38.5 Å². The van der Waals surface area contributed by atoms with Crippen LogP contribution >= 0.6 is 7.82 Å². The molecule has 0 bridgehead atoms. The summed E-state index contributed by atoms with van der Waals surface area (Å²) in [5.41, 5.74) is 0. The maximum Gasteiger partial charge on any atom is 0.472 e. The van der Waals surface area contributed by atoms with Gasteiger partial charge in [-0.1, -0.05) is 122 Å². The lowest BCUT2D eigenvalue weighted by Gasteiger charge is -2.24. The van der Waals surface area contributed by atoms with Crippen LogP contribution in [-0.2, 0) is 27.9 Å². The number of nitrogens with zero attached hydrogens (tertiary/aromatic N) is 1. The van der Waals surface area contributed by atoms with E-state index in [1.165, 1.54) is 103 Å². The number of hydrogen-bond donors (Lipinski definition) is 1. The zero-order chi connectivity index (χ0) is 33.5. The van der Waals surface area contributed by atoms with Gasteiger partial charge in [-0.25, -0.2) is 4.57 Å². The minimum atomic E-state index is -4.25. The van der Waals surface area contributed by atoms with Crippen LogP contribution in [0.2, 0.25) is 0 Å². The summed E-state index contributed by atoms with van der Waals surface area (Å²) in [7, 11) is 1.67. The van der Waals surface area contributed by atoms with Crippen molar-refractivity contribution in [3.05, 3.63) is 12.2 Å². The van der Waals surface area contributed by atoms with E-state index in [0.29, 0.717) is 24.1 Å². The summed E-state index contributed by atoms with van der Waals surface area (Å²) in [6.45, 7) is 5.55. The van der Waals surface area contributed by atoms with Crippen LogP contribution in [0.3, 0.4) is 0 Å². The average Bonchev–Trinajstić information content (AvgIpc) is 2.98. The van der Waals surface area contributed by atoms with Crippen molar-refractivity contribution in [1.29, 1.82) is 0 Å². The minimum absolute atomic E-state index is 0.0896. The molecule has 0 saturated carbocycles. The second-order valence-corrected chi connectivity index (χ2v) is 15.1. The fourth-order valence-electron chi connectivity index (χ4n) is 4.90. The third-order valence-corrected chi connectivity index (χ3v) is 8.81. The zero-order valence-electron chi connectivity index (χ0n) is 30.1. The Morgan fingerprint density at radius 2 is 1.16 bits per heavy atom. The number of quaternary nitrogens is 1. The molecule has 0 saturated heterocycles. The van der Waals surface area contributed by atoms with Crippen LogP contribution in [0, 0.1) is 0 Å². The van der Waals surface area contributed by atoms with Gasteiger partial charge in [0.25, 0.3) is 0 Å². The van der Waals surface area contributed by atoms with E-state index in [2.05, 4.69) is 26.0 Å². The van der Waals surface area contributed by atoms with Crippen molar-refractivity contribution in [2.24, 2.45) is 0 Å². The van der Waals surface area contributed by atoms with E-state index in [1.807, 2.05) is 21.1 Å². The van der Waals surface area contributed by atoms with Crippen molar-refractivity contribution in [3.63, 3.8) is 0 Å². The average molecular weight is 663 g/mol. The molecule has 0 aromatic rings. The van der Waals surface area contributed by atoms with Gasteiger partial charge >= 0.3 is 13.8 Å². The van der Waals surface area contributed by atoms with E-state index in [1.54, 1.807) is 0 Å². The highest BCUT2D eigenvalue weighted by atomic mass is 31.2. The lowest BCUT2D eigenvalue weighted by atomic mass is 10.1. The molecule has 0 aliphatic carbocycles. The van der Waals surface area contributed by atoms with Gasteiger partial charge in [-0.15, -0.1) is 0 Å². The van der Waals surface area contributed by atoms with Crippen LogP contribution in [0.5, 0.6) is 0 Å². The van der Waals surface area contributed by atoms with Crippen LogP contribution < -0.4 is 0 Å². The number of esters is 1. The Kier molecular flexibility index (Phi) is 30.0. The Morgan fingerprint density at radius 3 is 1.69 bits per heavy atom. The van der Waals surface area contributed by atoms with Gasteiger partial charge in [0, 0.05) is 13.0 Å². The molecular weight excluding hydrogens is 589 g/mol. The van der Waals surface area contributed by atoms with Gasteiger partial charge in [0.15, 0.2) is 0 Å². The standard InChI is InChI=1S/C36H72NO7P/c1-6-8-10-12-14-15-16-17-18-19-20-21-22-23-24-26-28-31-41-33-35(44-36(38)29-27-25-13-11-9-7-2)34-43-45(39,40)42-32-30-37(3,4)5/h18-19,35H,6-17,20-34H2,1-5H3/p+1/b19-18-. The quantitative estimate of drug-likeness (QED) is 0.0241. The Labute approximate surface area is 278 Å². The summed E-state index contributed by atoms with van der Waals surface area (Å²) in [6.07, 6.45) is 29.7. The normalized spacial score (nSPS) is 14.2. The molecule has 0 aromatic carbocycles. The molecule has 0 spiro atoms. The molecule has 0 heterocycles. The smallest absolute Gasteiger partial charge is 0.457 e. The minimum Gasteiger partial charge on any atom is -0.457 e. The molecule has 268 valence electrons. The van der Waals surface area contributed by atoms with E-state index in [4.69, 9.17) is 18.5 Å². The number of hydrogen-bond acceptors (Lipinski definition) is 6. The van der Waals surface area contributed by atoms with E-state index >= 15 is 0 Å². The van der Waals surface area contributed by atoms with Crippen molar-refractivity contribution >= 4 is 13.8 Å². The predicted octanol–water partition coefficient (Wildman–Crippen LogP) is 9.93. The molecule has 9 heteroatoms. The van der Waals surface area contributed by atoms with Crippen LogP contribution in [0.25, 0.3) is 0 Å². The van der Waals surface area contributed by atoms with Gasteiger partial charge in [0.1, 0.15) is 19.3 Å². The molecule has 0 aromatic heterocycles. The summed E-state index contributed by atoms with van der Waals surface area (Å²) < 4.78 is 34.6. The van der Waals surface area contributed by atoms with Crippen molar-refractivity contribution in [2.45, 2.75) is 161 Å². The summed E-state index contributed by atoms with van der Waals surface area (Å²) in [6, 6.07) is 0. The maximum absolute atomic E-state index is 12.4. The number of unbranched alkanes of at least 4 members (excludes halogenated alkanes) is 18. The predicted molar refractivity (Wildman–Crippen MR) is 187 cm³/mol. The highest BCUT2D eigenvalue weighted by Gasteiger charge is 2.26.